The molecule has 4 rings (SSSR count). The predicted octanol–water partition coefficient (Wildman–Crippen LogP) is 6.70. The molecule has 1 N–H and O–H groups in total. The number of allylic oxidation sites excluding steroid dienone is 2. The molecular weight excluding hydrogens is 469 g/mol. The van der Waals surface area contributed by atoms with Crippen molar-refractivity contribution in [2.24, 2.45) is 0 Å². The van der Waals surface area contributed by atoms with Crippen LogP contribution in [0.2, 0.25) is 5.02 Å². The van der Waals surface area contributed by atoms with Gasteiger partial charge >= 0.3 is 12.4 Å². The van der Waals surface area contributed by atoms with E-state index < -0.39 is 23.7 Å². The molecule has 1 saturated heterocycles. The fourth-order valence-electron chi connectivity index (χ4n) is 4.55. The SMILES string of the molecule is Cc1ccc(N2C(=O)N(c3ccc(Cl)cc3)C(O)(C3=CCCC(OC(F)(F)F)=C3)C2(C)C)cc1. The maximum Gasteiger partial charge on any atom is 0.572 e. The smallest absolute Gasteiger partial charge is 0.410 e. The molecule has 1 unspecified atom stereocenters. The van der Waals surface area contributed by atoms with Gasteiger partial charge < -0.3 is 9.84 Å². The second kappa shape index (κ2) is 8.36. The standard InChI is InChI=1S/C25H24ClF3N2O3/c1-16-7-11-19(12-8-16)30-22(32)31(20-13-9-18(26)10-14-20)24(33,23(30,2)3)17-5-4-6-21(15-17)34-25(27,28)29/h5,7-15,33H,4,6H2,1-3H3. The number of aryl methyl sites for hydroxylation is 1. The van der Waals surface area contributed by atoms with E-state index in [1.807, 2.05) is 19.1 Å². The molecule has 180 valence electrons. The van der Waals surface area contributed by atoms with Crippen LogP contribution in [0.1, 0.15) is 32.3 Å². The zero-order chi connectivity index (χ0) is 24.9. The summed E-state index contributed by atoms with van der Waals surface area (Å²) in [6.07, 6.45) is -1.81. The van der Waals surface area contributed by atoms with Crippen LogP contribution in [0.5, 0.6) is 0 Å². The number of carbonyl (C=O) groups is 1. The second-order valence-corrected chi connectivity index (χ2v) is 9.29. The number of rotatable bonds is 4. The van der Waals surface area contributed by atoms with Crippen molar-refractivity contribution >= 4 is 29.0 Å². The second-order valence-electron chi connectivity index (χ2n) is 8.85. The molecule has 9 heteroatoms. The van der Waals surface area contributed by atoms with E-state index in [0.717, 1.165) is 5.56 Å². The van der Waals surface area contributed by atoms with Crippen molar-refractivity contribution in [2.45, 2.75) is 51.2 Å². The summed E-state index contributed by atoms with van der Waals surface area (Å²) in [7, 11) is 0. The van der Waals surface area contributed by atoms with Crippen LogP contribution in [0.3, 0.4) is 0 Å². The van der Waals surface area contributed by atoms with Gasteiger partial charge in [0.2, 0.25) is 0 Å². The van der Waals surface area contributed by atoms with Gasteiger partial charge in [-0.25, -0.2) is 4.79 Å². The van der Waals surface area contributed by atoms with Crippen LogP contribution in [0.25, 0.3) is 0 Å². The lowest BCUT2D eigenvalue weighted by Crippen LogP contribution is -2.60. The average Bonchev–Trinajstić information content (AvgIpc) is 2.91. The summed E-state index contributed by atoms with van der Waals surface area (Å²) in [5.74, 6) is -0.327. The maximum atomic E-state index is 13.9. The Morgan fingerprint density at radius 1 is 1.00 bits per heavy atom. The lowest BCUT2D eigenvalue weighted by Gasteiger charge is -2.44. The number of ether oxygens (including phenoxy) is 1. The molecule has 0 aromatic heterocycles. The molecule has 1 atom stereocenters. The third-order valence-corrected chi connectivity index (χ3v) is 6.47. The van der Waals surface area contributed by atoms with Gasteiger partial charge in [-0.05, 0) is 69.7 Å². The van der Waals surface area contributed by atoms with Crippen LogP contribution in [-0.4, -0.2) is 28.8 Å². The van der Waals surface area contributed by atoms with E-state index in [1.165, 1.54) is 15.9 Å². The van der Waals surface area contributed by atoms with Crippen molar-refractivity contribution in [3.05, 3.63) is 82.6 Å². The number of urea groups is 1. The largest absolute Gasteiger partial charge is 0.572 e. The molecule has 2 aliphatic rings. The van der Waals surface area contributed by atoms with Gasteiger partial charge in [-0.15, -0.1) is 13.2 Å². The van der Waals surface area contributed by atoms with Gasteiger partial charge in [0.05, 0.1) is 5.54 Å². The van der Waals surface area contributed by atoms with Gasteiger partial charge in [-0.1, -0.05) is 35.4 Å². The van der Waals surface area contributed by atoms with Crippen LogP contribution in [-0.2, 0) is 4.74 Å². The third kappa shape index (κ3) is 4.05. The number of hydrogen-bond donors (Lipinski definition) is 1. The molecule has 1 heterocycles. The van der Waals surface area contributed by atoms with Crippen LogP contribution in [0.15, 0.2) is 72.0 Å². The molecule has 0 bridgehead atoms. The molecular formula is C25H24ClF3N2O3. The molecule has 0 spiro atoms. The molecule has 2 aromatic rings. The number of alkyl halides is 3. The highest BCUT2D eigenvalue weighted by molar-refractivity contribution is 6.30. The van der Waals surface area contributed by atoms with Crippen LogP contribution < -0.4 is 9.80 Å². The van der Waals surface area contributed by atoms with Gasteiger partial charge in [-0.3, -0.25) is 9.80 Å². The van der Waals surface area contributed by atoms with E-state index in [2.05, 4.69) is 4.74 Å². The highest BCUT2D eigenvalue weighted by atomic mass is 35.5. The van der Waals surface area contributed by atoms with Gasteiger partial charge in [-0.2, -0.15) is 0 Å². The number of hydrogen-bond acceptors (Lipinski definition) is 3. The van der Waals surface area contributed by atoms with Crippen molar-refractivity contribution in [2.75, 3.05) is 9.80 Å². The number of amides is 2. The molecule has 1 aliphatic carbocycles. The van der Waals surface area contributed by atoms with Gasteiger partial charge in [0, 0.05) is 28.4 Å². The van der Waals surface area contributed by atoms with E-state index in [1.54, 1.807) is 56.3 Å². The summed E-state index contributed by atoms with van der Waals surface area (Å²) in [5, 5.41) is 12.7. The first-order valence-electron chi connectivity index (χ1n) is 10.7. The van der Waals surface area contributed by atoms with Crippen molar-refractivity contribution in [1.82, 2.24) is 0 Å². The topological polar surface area (TPSA) is 53.0 Å². The fraction of sp³-hybridized carbons (Fsp3) is 0.320. The summed E-state index contributed by atoms with van der Waals surface area (Å²) < 4.78 is 42.9. The Morgan fingerprint density at radius 3 is 2.15 bits per heavy atom. The number of benzene rings is 2. The number of nitrogens with zero attached hydrogens (tertiary/aromatic N) is 2. The summed E-state index contributed by atoms with van der Waals surface area (Å²) in [6.45, 7) is 5.26. The molecule has 0 radical (unpaired) electrons. The Morgan fingerprint density at radius 2 is 1.56 bits per heavy atom. The first-order valence-corrected chi connectivity index (χ1v) is 11.1. The number of aliphatic hydroxyl groups is 1. The quantitative estimate of drug-likeness (QED) is 0.516. The Hall–Kier alpha value is -2.97. The van der Waals surface area contributed by atoms with Crippen molar-refractivity contribution in [3.8, 4) is 0 Å². The number of anilines is 2. The summed E-state index contributed by atoms with van der Waals surface area (Å²) in [6, 6.07) is 13.0. The van der Waals surface area contributed by atoms with E-state index in [-0.39, 0.29) is 24.2 Å². The first-order chi connectivity index (χ1) is 15.8. The van der Waals surface area contributed by atoms with Crippen LogP contribution in [0.4, 0.5) is 29.3 Å². The Bertz CT molecular complexity index is 1160. The molecule has 5 nitrogen and oxygen atoms in total. The summed E-state index contributed by atoms with van der Waals surface area (Å²) >= 11 is 6.03. The molecule has 1 aliphatic heterocycles. The number of halogens is 4. The Labute approximate surface area is 200 Å². The van der Waals surface area contributed by atoms with Crippen LogP contribution in [0, 0.1) is 6.92 Å². The minimum Gasteiger partial charge on any atom is -0.410 e. The zero-order valence-corrected chi connectivity index (χ0v) is 19.6. The summed E-state index contributed by atoms with van der Waals surface area (Å²) in [4.78, 5) is 16.5. The van der Waals surface area contributed by atoms with E-state index in [0.29, 0.717) is 16.4 Å². The molecule has 34 heavy (non-hydrogen) atoms. The molecule has 0 saturated carbocycles. The van der Waals surface area contributed by atoms with Crippen molar-refractivity contribution in [1.29, 1.82) is 0 Å². The highest BCUT2D eigenvalue weighted by Gasteiger charge is 2.64. The van der Waals surface area contributed by atoms with E-state index in [9.17, 15) is 23.1 Å². The maximum absolute atomic E-state index is 13.9. The lowest BCUT2D eigenvalue weighted by atomic mass is 9.81. The average molecular weight is 493 g/mol. The molecule has 1 fully saturated rings. The molecule has 2 aromatic carbocycles. The monoisotopic (exact) mass is 492 g/mol. The van der Waals surface area contributed by atoms with E-state index >= 15 is 0 Å². The lowest BCUT2D eigenvalue weighted by molar-refractivity contribution is -0.306. The third-order valence-electron chi connectivity index (χ3n) is 6.22. The first kappa shape index (κ1) is 24.2. The summed E-state index contributed by atoms with van der Waals surface area (Å²) in [5.41, 5.74) is -1.29. The van der Waals surface area contributed by atoms with Gasteiger partial charge in [0.15, 0.2) is 5.72 Å². The highest BCUT2D eigenvalue weighted by Crippen LogP contribution is 2.50. The minimum absolute atomic E-state index is 0.0239. The Kier molecular flexibility index (Phi) is 5.94. The normalized spacial score (nSPS) is 22.5. The number of carbonyl (C=O) groups excluding carboxylic acids is 1. The fourth-order valence-corrected chi connectivity index (χ4v) is 4.68. The minimum atomic E-state index is -4.86. The van der Waals surface area contributed by atoms with Gasteiger partial charge in [0.1, 0.15) is 5.76 Å². The zero-order valence-electron chi connectivity index (χ0n) is 18.9. The van der Waals surface area contributed by atoms with E-state index in [4.69, 9.17) is 11.6 Å². The molecule has 2 amide bonds. The van der Waals surface area contributed by atoms with Gasteiger partial charge in [0.25, 0.3) is 0 Å². The van der Waals surface area contributed by atoms with Crippen molar-refractivity contribution < 1.29 is 27.8 Å². The van der Waals surface area contributed by atoms with Crippen LogP contribution >= 0.6 is 11.6 Å². The van der Waals surface area contributed by atoms with Crippen molar-refractivity contribution in [3.63, 3.8) is 0 Å². The Balaban J connectivity index is 1.89. The predicted molar refractivity (Wildman–Crippen MR) is 125 cm³/mol.